The van der Waals surface area contributed by atoms with E-state index in [1.54, 1.807) is 36.4 Å². The Morgan fingerprint density at radius 1 is 0.973 bits per heavy atom. The molecule has 0 unspecified atom stereocenters. The van der Waals surface area contributed by atoms with Gasteiger partial charge < -0.3 is 5.32 Å². The van der Waals surface area contributed by atoms with E-state index in [9.17, 15) is 27.6 Å². The van der Waals surface area contributed by atoms with Crippen molar-refractivity contribution in [1.29, 1.82) is 5.26 Å². The summed E-state index contributed by atoms with van der Waals surface area (Å²) in [5, 5.41) is 16.7. The number of alkyl halides is 3. The highest BCUT2D eigenvalue weighted by atomic mass is 19.4. The van der Waals surface area contributed by atoms with Crippen LogP contribution in [0.3, 0.4) is 0 Å². The first-order chi connectivity index (χ1) is 17.8. The van der Waals surface area contributed by atoms with Crippen LogP contribution in [0.1, 0.15) is 21.5 Å². The van der Waals surface area contributed by atoms with Crippen LogP contribution in [-0.2, 0) is 6.18 Å². The van der Waals surface area contributed by atoms with E-state index in [0.29, 0.717) is 22.2 Å². The molecule has 0 aliphatic heterocycles. The summed E-state index contributed by atoms with van der Waals surface area (Å²) in [7, 11) is 0. The molecule has 0 atom stereocenters. The minimum atomic E-state index is -4.91. The Hall–Kier alpha value is -5.11. The molecule has 0 saturated carbocycles. The van der Waals surface area contributed by atoms with Gasteiger partial charge in [-0.05, 0) is 48.5 Å². The molecule has 11 heteroatoms. The largest absolute Gasteiger partial charge is 0.417 e. The second-order valence-electron chi connectivity index (χ2n) is 7.84. The molecule has 182 valence electrons. The molecule has 0 saturated heterocycles. The van der Waals surface area contributed by atoms with Gasteiger partial charge >= 0.3 is 6.18 Å². The number of amides is 1. The van der Waals surface area contributed by atoms with Crippen molar-refractivity contribution in [1.82, 2.24) is 19.7 Å². The summed E-state index contributed by atoms with van der Waals surface area (Å²) >= 11 is 0. The first-order valence-electron chi connectivity index (χ1n) is 10.7. The molecule has 2 heterocycles. The van der Waals surface area contributed by atoms with Gasteiger partial charge in [0.2, 0.25) is 0 Å². The van der Waals surface area contributed by atoms with Gasteiger partial charge in [0.15, 0.2) is 5.82 Å². The summed E-state index contributed by atoms with van der Waals surface area (Å²) in [5.74, 6) is -2.54. The zero-order chi connectivity index (χ0) is 26.2. The van der Waals surface area contributed by atoms with Gasteiger partial charge in [-0.2, -0.15) is 23.5 Å². The number of carbonyl (C=O) groups is 1. The minimum absolute atomic E-state index is 0.146. The number of anilines is 1. The fraction of sp³-hybridized carbons (Fsp3) is 0.0385. The van der Waals surface area contributed by atoms with Crippen LogP contribution in [0.2, 0.25) is 0 Å². The van der Waals surface area contributed by atoms with Crippen LogP contribution in [0.15, 0.2) is 79.1 Å². The number of fused-ring (bicyclic) bond motifs is 1. The first-order valence-corrected chi connectivity index (χ1v) is 10.7. The van der Waals surface area contributed by atoms with E-state index in [2.05, 4.69) is 20.4 Å². The van der Waals surface area contributed by atoms with Crippen LogP contribution in [0, 0.1) is 17.1 Å². The van der Waals surface area contributed by atoms with Crippen molar-refractivity contribution in [3.8, 4) is 23.1 Å². The van der Waals surface area contributed by atoms with E-state index in [-0.39, 0.29) is 17.7 Å². The molecule has 2 aromatic heterocycles. The van der Waals surface area contributed by atoms with Crippen molar-refractivity contribution in [2.24, 2.45) is 0 Å². The molecule has 5 aromatic rings. The number of halogens is 4. The van der Waals surface area contributed by atoms with Crippen LogP contribution in [0.5, 0.6) is 0 Å². The molecule has 7 nitrogen and oxygen atoms in total. The number of nitrogens with zero attached hydrogens (tertiary/aromatic N) is 5. The van der Waals surface area contributed by atoms with Crippen molar-refractivity contribution < 1.29 is 22.4 Å². The average molecular weight is 502 g/mol. The van der Waals surface area contributed by atoms with Crippen molar-refractivity contribution in [2.75, 3.05) is 5.32 Å². The smallest absolute Gasteiger partial charge is 0.306 e. The van der Waals surface area contributed by atoms with E-state index in [1.165, 1.54) is 35.3 Å². The normalized spacial score (nSPS) is 11.3. The van der Waals surface area contributed by atoms with E-state index in [4.69, 9.17) is 0 Å². The van der Waals surface area contributed by atoms with Gasteiger partial charge in [-0.1, -0.05) is 18.2 Å². The quantitative estimate of drug-likeness (QED) is 0.315. The molecule has 1 amide bonds. The molecular weight excluding hydrogens is 488 g/mol. The molecule has 37 heavy (non-hydrogen) atoms. The summed E-state index contributed by atoms with van der Waals surface area (Å²) < 4.78 is 57.3. The third-order valence-corrected chi connectivity index (χ3v) is 5.50. The van der Waals surface area contributed by atoms with Crippen molar-refractivity contribution in [3.63, 3.8) is 0 Å². The molecule has 0 bridgehead atoms. The number of aromatic nitrogens is 4. The van der Waals surface area contributed by atoms with Crippen molar-refractivity contribution in [2.45, 2.75) is 6.18 Å². The van der Waals surface area contributed by atoms with Gasteiger partial charge in [0.1, 0.15) is 11.6 Å². The number of benzene rings is 3. The number of rotatable bonds is 4. The summed E-state index contributed by atoms with van der Waals surface area (Å²) in [6, 6.07) is 17.8. The van der Waals surface area contributed by atoms with Gasteiger partial charge in [-0.15, -0.1) is 0 Å². The van der Waals surface area contributed by atoms with Gasteiger partial charge in [0.05, 0.1) is 34.0 Å². The highest BCUT2D eigenvalue weighted by molar-refractivity contribution is 6.09. The maximum atomic E-state index is 14.9. The highest BCUT2D eigenvalue weighted by Gasteiger charge is 2.36. The Kier molecular flexibility index (Phi) is 5.85. The zero-order valence-electron chi connectivity index (χ0n) is 18.7. The lowest BCUT2D eigenvalue weighted by Crippen LogP contribution is -2.18. The van der Waals surface area contributed by atoms with Crippen LogP contribution < -0.4 is 5.32 Å². The topological polar surface area (TPSA) is 96.5 Å². The highest BCUT2D eigenvalue weighted by Crippen LogP contribution is 2.38. The lowest BCUT2D eigenvalue weighted by Gasteiger charge is -2.15. The third kappa shape index (κ3) is 4.48. The monoisotopic (exact) mass is 502 g/mol. The molecule has 3 aromatic carbocycles. The van der Waals surface area contributed by atoms with Gasteiger partial charge in [0.25, 0.3) is 5.91 Å². The average Bonchev–Trinajstić information content (AvgIpc) is 3.26. The number of carbonyl (C=O) groups excluding carboxylic acids is 1. The summed E-state index contributed by atoms with van der Waals surface area (Å²) in [4.78, 5) is 20.9. The predicted octanol–water partition coefficient (Wildman–Crippen LogP) is 5.76. The second kappa shape index (κ2) is 9.16. The maximum absolute atomic E-state index is 14.9. The lowest BCUT2D eigenvalue weighted by molar-refractivity contribution is -0.137. The first kappa shape index (κ1) is 23.6. The summed E-state index contributed by atoms with van der Waals surface area (Å²) in [6.45, 7) is 0. The van der Waals surface area contributed by atoms with Gasteiger partial charge in [-0.25, -0.2) is 19.0 Å². The Morgan fingerprint density at radius 2 is 1.70 bits per heavy atom. The van der Waals surface area contributed by atoms with Crippen LogP contribution in [0.25, 0.3) is 28.0 Å². The fourth-order valence-corrected chi connectivity index (χ4v) is 3.81. The third-order valence-electron chi connectivity index (χ3n) is 5.50. The summed E-state index contributed by atoms with van der Waals surface area (Å²) in [6.07, 6.45) is -2.43. The van der Waals surface area contributed by atoms with Gasteiger partial charge in [0, 0.05) is 23.3 Å². The van der Waals surface area contributed by atoms with E-state index < -0.39 is 34.6 Å². The molecular formula is C26H14F4N6O. The van der Waals surface area contributed by atoms with Crippen molar-refractivity contribution in [3.05, 3.63) is 102 Å². The standard InChI is InChI=1S/C26H14F4N6O/c27-21-13-20(26(28,29)30)18(23-32-9-4-10-33-23)12-19(21)25(37)34-24-17-8-7-15(14-31)11-22(17)35-36(24)16-5-2-1-3-6-16/h1-13H,(H,34,37). The fourth-order valence-electron chi connectivity index (χ4n) is 3.81. The van der Waals surface area contributed by atoms with E-state index in [0.717, 1.165) is 6.07 Å². The molecule has 0 aliphatic rings. The molecule has 0 radical (unpaired) electrons. The Morgan fingerprint density at radius 3 is 2.38 bits per heavy atom. The molecule has 1 N–H and O–H groups in total. The number of para-hydroxylation sites is 1. The number of hydrogen-bond donors (Lipinski definition) is 1. The number of nitrogens with one attached hydrogen (secondary N) is 1. The number of nitriles is 1. The minimum Gasteiger partial charge on any atom is -0.306 e. The van der Waals surface area contributed by atoms with Crippen LogP contribution in [-0.4, -0.2) is 25.7 Å². The maximum Gasteiger partial charge on any atom is 0.417 e. The second-order valence-corrected chi connectivity index (χ2v) is 7.84. The van der Waals surface area contributed by atoms with E-state index >= 15 is 0 Å². The Balaban J connectivity index is 1.64. The van der Waals surface area contributed by atoms with Crippen molar-refractivity contribution >= 4 is 22.6 Å². The van der Waals surface area contributed by atoms with Gasteiger partial charge in [-0.3, -0.25) is 4.79 Å². The lowest BCUT2D eigenvalue weighted by atomic mass is 10.0. The number of hydrogen-bond acceptors (Lipinski definition) is 5. The molecule has 0 aliphatic carbocycles. The Labute approximate surface area is 206 Å². The Bertz CT molecular complexity index is 1680. The van der Waals surface area contributed by atoms with Crippen LogP contribution in [0.4, 0.5) is 23.4 Å². The SMILES string of the molecule is N#Cc1ccc2c(NC(=O)c3cc(-c4ncccn4)c(C(F)(F)F)cc3F)n(-c3ccccc3)nc2c1. The molecule has 5 rings (SSSR count). The predicted molar refractivity (Wildman–Crippen MR) is 126 cm³/mol. The van der Waals surface area contributed by atoms with Crippen LogP contribution >= 0.6 is 0 Å². The summed E-state index contributed by atoms with van der Waals surface area (Å²) in [5.41, 5.74) is -1.22. The van der Waals surface area contributed by atoms with E-state index in [1.807, 2.05) is 6.07 Å². The zero-order valence-corrected chi connectivity index (χ0v) is 18.7. The molecule has 0 spiro atoms. The molecule has 0 fully saturated rings.